The van der Waals surface area contributed by atoms with Gasteiger partial charge in [0.15, 0.2) is 0 Å². The first-order valence-electron chi connectivity index (χ1n) is 7.18. The van der Waals surface area contributed by atoms with Crippen LogP contribution in [0.4, 0.5) is 5.69 Å². The molecule has 3 rings (SSSR count). The smallest absolute Gasteiger partial charge is 0.225 e. The second kappa shape index (κ2) is 4.98. The SMILES string of the molecule is CNC(=O)C1(C)CCN(c2cc(C)nn3cnnc23)CC1. The van der Waals surface area contributed by atoms with Crippen LogP contribution in [0.25, 0.3) is 5.65 Å². The molecule has 0 spiro atoms. The van der Waals surface area contributed by atoms with Gasteiger partial charge in [-0.3, -0.25) is 4.79 Å². The Balaban J connectivity index is 1.86. The van der Waals surface area contributed by atoms with Crippen LogP contribution in [0.3, 0.4) is 0 Å². The van der Waals surface area contributed by atoms with E-state index in [1.54, 1.807) is 17.9 Å². The summed E-state index contributed by atoms with van der Waals surface area (Å²) < 4.78 is 1.71. The van der Waals surface area contributed by atoms with Gasteiger partial charge in [0.2, 0.25) is 11.6 Å². The van der Waals surface area contributed by atoms with Crippen LogP contribution in [0.2, 0.25) is 0 Å². The van der Waals surface area contributed by atoms with Crippen molar-refractivity contribution in [2.24, 2.45) is 5.41 Å². The van der Waals surface area contributed by atoms with E-state index in [9.17, 15) is 4.79 Å². The number of rotatable bonds is 2. The van der Waals surface area contributed by atoms with E-state index in [4.69, 9.17) is 0 Å². The van der Waals surface area contributed by atoms with Crippen molar-refractivity contribution in [3.05, 3.63) is 18.1 Å². The lowest BCUT2D eigenvalue weighted by Gasteiger charge is -2.39. The highest BCUT2D eigenvalue weighted by Crippen LogP contribution is 2.34. The van der Waals surface area contributed by atoms with Crippen molar-refractivity contribution in [1.82, 2.24) is 25.1 Å². The van der Waals surface area contributed by atoms with Crippen LogP contribution < -0.4 is 10.2 Å². The first-order valence-corrected chi connectivity index (χ1v) is 7.18. The number of hydrogen-bond acceptors (Lipinski definition) is 5. The molecule has 0 atom stereocenters. The van der Waals surface area contributed by atoms with Crippen LogP contribution in [0.1, 0.15) is 25.5 Å². The molecule has 0 bridgehead atoms. The zero-order valence-corrected chi connectivity index (χ0v) is 12.6. The molecule has 3 heterocycles. The number of anilines is 1. The Morgan fingerprint density at radius 2 is 2.10 bits per heavy atom. The van der Waals surface area contributed by atoms with Gasteiger partial charge >= 0.3 is 0 Å². The third-order valence-electron chi connectivity index (χ3n) is 4.35. The number of carbonyl (C=O) groups excluding carboxylic acids is 1. The monoisotopic (exact) mass is 288 g/mol. The van der Waals surface area contributed by atoms with E-state index in [1.165, 1.54) is 0 Å². The molecule has 1 aliphatic heterocycles. The number of fused-ring (bicyclic) bond motifs is 1. The molecule has 1 amide bonds. The van der Waals surface area contributed by atoms with Gasteiger partial charge in [0.05, 0.1) is 11.4 Å². The average Bonchev–Trinajstić information content (AvgIpc) is 2.94. The van der Waals surface area contributed by atoms with Gasteiger partial charge in [-0.2, -0.15) is 9.61 Å². The zero-order chi connectivity index (χ0) is 15.0. The Hall–Kier alpha value is -2.18. The van der Waals surface area contributed by atoms with Crippen molar-refractivity contribution in [1.29, 1.82) is 0 Å². The number of aromatic nitrogens is 4. The number of nitrogens with one attached hydrogen (secondary N) is 1. The van der Waals surface area contributed by atoms with Crippen molar-refractivity contribution in [3.8, 4) is 0 Å². The number of hydrogen-bond donors (Lipinski definition) is 1. The molecule has 0 aromatic carbocycles. The lowest BCUT2D eigenvalue weighted by Crippen LogP contribution is -2.46. The summed E-state index contributed by atoms with van der Waals surface area (Å²) >= 11 is 0. The Kier molecular flexibility index (Phi) is 3.27. The van der Waals surface area contributed by atoms with Gasteiger partial charge < -0.3 is 10.2 Å². The Labute approximate surface area is 123 Å². The highest BCUT2D eigenvalue weighted by atomic mass is 16.2. The molecule has 21 heavy (non-hydrogen) atoms. The fourth-order valence-corrected chi connectivity index (χ4v) is 2.94. The second-order valence-electron chi connectivity index (χ2n) is 5.90. The van der Waals surface area contributed by atoms with E-state index >= 15 is 0 Å². The van der Waals surface area contributed by atoms with Crippen LogP contribution in [0.5, 0.6) is 0 Å². The van der Waals surface area contributed by atoms with Crippen LogP contribution >= 0.6 is 0 Å². The average molecular weight is 288 g/mol. The predicted octanol–water partition coefficient (Wildman–Crippen LogP) is 0.785. The molecule has 0 saturated carbocycles. The van der Waals surface area contributed by atoms with E-state index in [1.807, 2.05) is 19.9 Å². The molecule has 7 heteroatoms. The summed E-state index contributed by atoms with van der Waals surface area (Å²) in [6.07, 6.45) is 3.27. The summed E-state index contributed by atoms with van der Waals surface area (Å²) in [5, 5.41) is 15.2. The topological polar surface area (TPSA) is 75.4 Å². The number of nitrogens with zero attached hydrogens (tertiary/aromatic N) is 5. The second-order valence-corrected chi connectivity index (χ2v) is 5.90. The number of piperidine rings is 1. The van der Waals surface area contributed by atoms with Crippen molar-refractivity contribution in [2.45, 2.75) is 26.7 Å². The molecule has 1 saturated heterocycles. The molecule has 1 aliphatic rings. The minimum Gasteiger partial charge on any atom is -0.368 e. The van der Waals surface area contributed by atoms with Gasteiger partial charge in [-0.1, -0.05) is 6.92 Å². The number of carbonyl (C=O) groups is 1. The van der Waals surface area contributed by atoms with Gasteiger partial charge in [0.25, 0.3) is 0 Å². The predicted molar refractivity (Wildman–Crippen MR) is 79.1 cm³/mol. The molecule has 2 aromatic rings. The molecule has 112 valence electrons. The first-order chi connectivity index (χ1) is 10.0. The number of amides is 1. The summed E-state index contributed by atoms with van der Waals surface area (Å²) in [6.45, 7) is 5.65. The maximum absolute atomic E-state index is 12.0. The quantitative estimate of drug-likeness (QED) is 0.884. The fourth-order valence-electron chi connectivity index (χ4n) is 2.94. The minimum atomic E-state index is -0.280. The van der Waals surface area contributed by atoms with Crippen molar-refractivity contribution in [3.63, 3.8) is 0 Å². The highest BCUT2D eigenvalue weighted by Gasteiger charge is 2.36. The maximum atomic E-state index is 12.0. The minimum absolute atomic E-state index is 0.126. The lowest BCUT2D eigenvalue weighted by atomic mass is 9.79. The van der Waals surface area contributed by atoms with E-state index in [-0.39, 0.29) is 11.3 Å². The van der Waals surface area contributed by atoms with E-state index in [0.29, 0.717) is 0 Å². The van der Waals surface area contributed by atoms with Gasteiger partial charge in [-0.05, 0) is 25.8 Å². The standard InChI is InChI=1S/C14H20N6O/c1-10-8-11(12-17-16-9-20(12)18-10)19-6-4-14(2,5-7-19)13(21)15-3/h8-9H,4-7H2,1-3H3,(H,15,21). The molecule has 2 aromatic heterocycles. The fraction of sp³-hybridized carbons (Fsp3) is 0.571. The molecule has 0 unspecified atom stereocenters. The van der Waals surface area contributed by atoms with Gasteiger partial charge in [-0.15, -0.1) is 10.2 Å². The molecule has 1 N–H and O–H groups in total. The molecule has 0 aliphatic carbocycles. The molecule has 0 radical (unpaired) electrons. The molecular formula is C14H20N6O. The van der Waals surface area contributed by atoms with Crippen molar-refractivity contribution < 1.29 is 4.79 Å². The third-order valence-corrected chi connectivity index (χ3v) is 4.35. The Morgan fingerprint density at radius 3 is 2.76 bits per heavy atom. The Bertz CT molecular complexity index is 671. The summed E-state index contributed by atoms with van der Waals surface area (Å²) in [7, 11) is 1.70. The molecular weight excluding hydrogens is 268 g/mol. The summed E-state index contributed by atoms with van der Waals surface area (Å²) in [6, 6.07) is 2.03. The third kappa shape index (κ3) is 2.32. The lowest BCUT2D eigenvalue weighted by molar-refractivity contribution is -0.130. The van der Waals surface area contributed by atoms with E-state index in [2.05, 4.69) is 25.5 Å². The van der Waals surface area contributed by atoms with Crippen LogP contribution in [-0.2, 0) is 4.79 Å². The van der Waals surface area contributed by atoms with Gasteiger partial charge in [0.1, 0.15) is 6.33 Å². The molecule has 1 fully saturated rings. The van der Waals surface area contributed by atoms with Gasteiger partial charge in [0, 0.05) is 25.6 Å². The summed E-state index contributed by atoms with van der Waals surface area (Å²) in [5.74, 6) is 0.126. The van der Waals surface area contributed by atoms with Crippen LogP contribution in [-0.4, -0.2) is 45.9 Å². The first kappa shape index (κ1) is 13.8. The number of aryl methyl sites for hydroxylation is 1. The summed E-state index contributed by atoms with van der Waals surface area (Å²) in [4.78, 5) is 14.3. The zero-order valence-electron chi connectivity index (χ0n) is 12.6. The maximum Gasteiger partial charge on any atom is 0.225 e. The van der Waals surface area contributed by atoms with Crippen molar-refractivity contribution in [2.75, 3.05) is 25.0 Å². The van der Waals surface area contributed by atoms with Crippen LogP contribution in [0.15, 0.2) is 12.4 Å². The highest BCUT2D eigenvalue weighted by molar-refractivity contribution is 5.82. The van der Waals surface area contributed by atoms with Gasteiger partial charge in [-0.25, -0.2) is 0 Å². The normalized spacial score (nSPS) is 18.0. The van der Waals surface area contributed by atoms with Crippen molar-refractivity contribution >= 4 is 17.2 Å². The van der Waals surface area contributed by atoms with E-state index < -0.39 is 0 Å². The Morgan fingerprint density at radius 1 is 1.38 bits per heavy atom. The van der Waals surface area contributed by atoms with Crippen LogP contribution in [0, 0.1) is 12.3 Å². The largest absolute Gasteiger partial charge is 0.368 e. The van der Waals surface area contributed by atoms with E-state index in [0.717, 1.165) is 43.0 Å². The molecule has 7 nitrogen and oxygen atoms in total. The summed E-state index contributed by atoms with van der Waals surface area (Å²) in [5.41, 5.74) is 2.46.